The number of benzene rings is 1. The molecule has 96 valence electrons. The molecule has 4 N–H and O–H groups in total. The number of aliphatic imine (C=N–C) groups is 1. The van der Waals surface area contributed by atoms with E-state index in [9.17, 15) is 0 Å². The van der Waals surface area contributed by atoms with Crippen LogP contribution >= 0.6 is 12.2 Å². The number of ether oxygens (including phenoxy) is 2. The maximum absolute atomic E-state index is 5.65. The molecule has 0 fully saturated rings. The summed E-state index contributed by atoms with van der Waals surface area (Å²) in [5, 5.41) is 6.16. The van der Waals surface area contributed by atoms with Gasteiger partial charge >= 0.3 is 0 Å². The molecule has 2 rings (SSSR count). The zero-order chi connectivity index (χ0) is 13.1. The van der Waals surface area contributed by atoms with E-state index in [1.54, 1.807) is 14.2 Å². The summed E-state index contributed by atoms with van der Waals surface area (Å²) in [5.41, 5.74) is 6.46. The van der Waals surface area contributed by atoms with Gasteiger partial charge in [-0.1, -0.05) is 12.1 Å². The predicted molar refractivity (Wildman–Crippen MR) is 72.8 cm³/mol. The summed E-state index contributed by atoms with van der Waals surface area (Å²) in [6.07, 6.45) is -0.385. The normalized spacial score (nSPS) is 18.4. The van der Waals surface area contributed by atoms with Crippen molar-refractivity contribution >= 4 is 23.3 Å². The van der Waals surface area contributed by atoms with Crippen molar-refractivity contribution < 1.29 is 9.47 Å². The summed E-state index contributed by atoms with van der Waals surface area (Å²) in [7, 11) is 3.16. The molecule has 0 bridgehead atoms. The number of thiocarbonyl (C=S) groups is 1. The molecule has 1 aromatic rings. The number of methoxy groups -OCH3 is 2. The Morgan fingerprint density at radius 3 is 2.72 bits per heavy atom. The quantitative estimate of drug-likeness (QED) is 0.691. The molecule has 0 aliphatic carbocycles. The van der Waals surface area contributed by atoms with Crippen molar-refractivity contribution in [3.05, 3.63) is 23.8 Å². The molecule has 0 unspecified atom stereocenters. The Hall–Kier alpha value is -2.02. The summed E-state index contributed by atoms with van der Waals surface area (Å²) in [4.78, 5) is 4.24. The van der Waals surface area contributed by atoms with Gasteiger partial charge in [-0.15, -0.1) is 0 Å². The number of hydrogen-bond acceptors (Lipinski definition) is 5. The molecule has 1 heterocycles. The third kappa shape index (κ3) is 2.30. The van der Waals surface area contributed by atoms with Gasteiger partial charge in [0.15, 0.2) is 28.7 Å². The first-order valence-electron chi connectivity index (χ1n) is 5.27. The van der Waals surface area contributed by atoms with Crippen LogP contribution in [0, 0.1) is 0 Å². The van der Waals surface area contributed by atoms with Crippen molar-refractivity contribution in [2.75, 3.05) is 14.2 Å². The monoisotopic (exact) mass is 266 g/mol. The first-order chi connectivity index (χ1) is 8.65. The average Bonchev–Trinajstić information content (AvgIpc) is 2.36. The van der Waals surface area contributed by atoms with Gasteiger partial charge < -0.3 is 25.8 Å². The fourth-order valence-electron chi connectivity index (χ4n) is 1.75. The highest BCUT2D eigenvalue weighted by Crippen LogP contribution is 2.35. The van der Waals surface area contributed by atoms with Crippen LogP contribution in [0.1, 0.15) is 11.7 Å². The van der Waals surface area contributed by atoms with Gasteiger partial charge in [-0.3, -0.25) is 0 Å². The van der Waals surface area contributed by atoms with Crippen LogP contribution in [0.25, 0.3) is 0 Å². The number of hydrogen-bond donors (Lipinski definition) is 3. The van der Waals surface area contributed by atoms with Gasteiger partial charge in [0.25, 0.3) is 0 Å². The van der Waals surface area contributed by atoms with Crippen molar-refractivity contribution in [2.24, 2.45) is 10.7 Å². The van der Waals surface area contributed by atoms with Gasteiger partial charge in [-0.2, -0.15) is 0 Å². The molecule has 7 heteroatoms. The van der Waals surface area contributed by atoms with Crippen molar-refractivity contribution in [1.82, 2.24) is 10.6 Å². The van der Waals surface area contributed by atoms with E-state index in [1.807, 2.05) is 18.2 Å². The minimum atomic E-state index is -0.385. The number of nitrogens with zero attached hydrogens (tertiary/aromatic N) is 1. The molecular weight excluding hydrogens is 252 g/mol. The van der Waals surface area contributed by atoms with E-state index in [0.717, 1.165) is 5.56 Å². The molecule has 6 nitrogen and oxygen atoms in total. The van der Waals surface area contributed by atoms with E-state index < -0.39 is 0 Å². The predicted octanol–water partition coefficient (Wildman–Crippen LogP) is 0.495. The fourth-order valence-corrected chi connectivity index (χ4v) is 1.97. The summed E-state index contributed by atoms with van der Waals surface area (Å²) in [6, 6.07) is 5.55. The first kappa shape index (κ1) is 12.4. The van der Waals surface area contributed by atoms with E-state index in [0.29, 0.717) is 16.6 Å². The van der Waals surface area contributed by atoms with Crippen molar-refractivity contribution in [2.45, 2.75) is 6.17 Å². The van der Waals surface area contributed by atoms with Crippen LogP contribution in [0.4, 0.5) is 0 Å². The molecule has 1 atom stereocenters. The highest BCUT2D eigenvalue weighted by Gasteiger charge is 2.22. The lowest BCUT2D eigenvalue weighted by molar-refractivity contribution is 0.348. The van der Waals surface area contributed by atoms with Crippen molar-refractivity contribution in [3.8, 4) is 11.5 Å². The van der Waals surface area contributed by atoms with Crippen LogP contribution in [0.2, 0.25) is 0 Å². The van der Waals surface area contributed by atoms with Gasteiger partial charge in [-0.05, 0) is 18.3 Å². The number of nitrogens with two attached hydrogens (primary N) is 1. The van der Waals surface area contributed by atoms with E-state index in [-0.39, 0.29) is 12.1 Å². The van der Waals surface area contributed by atoms with Gasteiger partial charge in [0.1, 0.15) is 0 Å². The minimum absolute atomic E-state index is 0.272. The molecule has 1 aliphatic rings. The van der Waals surface area contributed by atoms with Gasteiger partial charge in [-0.25, -0.2) is 4.99 Å². The summed E-state index contributed by atoms with van der Waals surface area (Å²) in [5.74, 6) is 1.52. The topological polar surface area (TPSA) is 80.9 Å². The van der Waals surface area contributed by atoms with Crippen LogP contribution < -0.4 is 25.8 Å². The van der Waals surface area contributed by atoms with Crippen LogP contribution in [-0.4, -0.2) is 25.3 Å². The number of guanidine groups is 1. The third-order valence-electron chi connectivity index (χ3n) is 2.51. The Morgan fingerprint density at radius 1 is 1.33 bits per heavy atom. The number of para-hydroxylation sites is 1. The lowest BCUT2D eigenvalue weighted by atomic mass is 10.1. The average molecular weight is 266 g/mol. The number of rotatable bonds is 3. The fraction of sp³-hybridized carbons (Fsp3) is 0.273. The molecule has 1 aromatic carbocycles. The maximum Gasteiger partial charge on any atom is 0.197 e. The molecule has 18 heavy (non-hydrogen) atoms. The Labute approximate surface area is 110 Å². The second-order valence-electron chi connectivity index (χ2n) is 3.60. The van der Waals surface area contributed by atoms with Crippen molar-refractivity contribution in [1.29, 1.82) is 0 Å². The van der Waals surface area contributed by atoms with Gasteiger partial charge in [0.2, 0.25) is 0 Å². The van der Waals surface area contributed by atoms with E-state index in [4.69, 9.17) is 27.4 Å². The first-order valence-corrected chi connectivity index (χ1v) is 5.68. The molecule has 0 amide bonds. The molecule has 0 saturated heterocycles. The second kappa shape index (κ2) is 5.09. The summed E-state index contributed by atoms with van der Waals surface area (Å²) in [6.45, 7) is 0. The van der Waals surface area contributed by atoms with Crippen molar-refractivity contribution in [3.63, 3.8) is 0 Å². The van der Waals surface area contributed by atoms with E-state index >= 15 is 0 Å². The molecule has 0 spiro atoms. The standard InChI is InChI=1S/C11H14N4O2S/c1-16-7-5-3-4-6(8(7)17-2)9-13-10(12)15-11(18)14-9/h3-5,9H,1-2H3,(H4,12,13,14,15,18)/t9-/m1/s1. The van der Waals surface area contributed by atoms with Crippen LogP contribution in [0.15, 0.2) is 23.2 Å². The Morgan fingerprint density at radius 2 is 2.11 bits per heavy atom. The lowest BCUT2D eigenvalue weighted by Gasteiger charge is -2.24. The molecular formula is C11H14N4O2S. The van der Waals surface area contributed by atoms with Crippen LogP contribution in [-0.2, 0) is 0 Å². The van der Waals surface area contributed by atoms with E-state index in [2.05, 4.69) is 15.6 Å². The van der Waals surface area contributed by atoms with Crippen LogP contribution in [0.5, 0.6) is 11.5 Å². The zero-order valence-electron chi connectivity index (χ0n) is 10.1. The second-order valence-corrected chi connectivity index (χ2v) is 4.01. The van der Waals surface area contributed by atoms with E-state index in [1.165, 1.54) is 0 Å². The molecule has 1 aliphatic heterocycles. The maximum atomic E-state index is 5.65. The Kier molecular flexibility index (Phi) is 3.52. The van der Waals surface area contributed by atoms with Gasteiger partial charge in [0, 0.05) is 5.56 Å². The highest BCUT2D eigenvalue weighted by molar-refractivity contribution is 7.80. The Bertz CT molecular complexity index is 504. The largest absolute Gasteiger partial charge is 0.493 e. The minimum Gasteiger partial charge on any atom is -0.493 e. The smallest absolute Gasteiger partial charge is 0.197 e. The molecule has 0 aromatic heterocycles. The zero-order valence-corrected chi connectivity index (χ0v) is 10.9. The SMILES string of the molecule is COc1cccc([C@@H]2N=C(N)NC(=S)N2)c1OC. The van der Waals surface area contributed by atoms with Gasteiger partial charge in [0.05, 0.1) is 14.2 Å². The Balaban J connectivity index is 2.44. The molecule has 0 saturated carbocycles. The number of nitrogens with one attached hydrogen (secondary N) is 2. The third-order valence-corrected chi connectivity index (χ3v) is 2.73. The molecule has 0 radical (unpaired) electrons. The summed E-state index contributed by atoms with van der Waals surface area (Å²) < 4.78 is 10.6. The van der Waals surface area contributed by atoms with Crippen LogP contribution in [0.3, 0.4) is 0 Å². The highest BCUT2D eigenvalue weighted by atomic mass is 32.1. The summed E-state index contributed by atoms with van der Waals surface area (Å²) >= 11 is 5.05. The lowest BCUT2D eigenvalue weighted by Crippen LogP contribution is -2.49.